The van der Waals surface area contributed by atoms with Gasteiger partial charge in [0.1, 0.15) is 0 Å². The molecule has 0 spiro atoms. The third kappa shape index (κ3) is 3.04. The van der Waals surface area contributed by atoms with Gasteiger partial charge >= 0.3 is 6.18 Å². The van der Waals surface area contributed by atoms with Gasteiger partial charge in [-0.05, 0) is 36.7 Å². The van der Waals surface area contributed by atoms with Crippen LogP contribution in [0.3, 0.4) is 0 Å². The molecule has 0 unspecified atom stereocenters. The van der Waals surface area contributed by atoms with E-state index in [4.69, 9.17) is 4.74 Å². The van der Waals surface area contributed by atoms with Crippen LogP contribution in [-0.4, -0.2) is 10.2 Å². The van der Waals surface area contributed by atoms with Crippen LogP contribution >= 0.6 is 0 Å². The third-order valence-corrected chi connectivity index (χ3v) is 2.98. The number of hydrogen-bond acceptors (Lipinski definition) is 4. The van der Waals surface area contributed by atoms with E-state index < -0.39 is 17.4 Å². The van der Waals surface area contributed by atoms with Crippen molar-refractivity contribution in [3.05, 3.63) is 39.9 Å². The average molecular weight is 299 g/mol. The number of nitrogens with zero attached hydrogens (tertiary/aromatic N) is 2. The van der Waals surface area contributed by atoms with Crippen molar-refractivity contribution in [2.45, 2.75) is 26.4 Å². The van der Waals surface area contributed by atoms with E-state index in [1.54, 1.807) is 6.92 Å². The van der Waals surface area contributed by atoms with Crippen LogP contribution in [-0.2, 0) is 12.6 Å². The van der Waals surface area contributed by atoms with Crippen molar-refractivity contribution in [3.8, 4) is 11.6 Å². The van der Waals surface area contributed by atoms with Crippen LogP contribution in [0.15, 0.2) is 23.4 Å². The highest BCUT2D eigenvalue weighted by atomic mass is 19.4. The number of H-pyrrole nitrogens is 1. The van der Waals surface area contributed by atoms with Crippen LogP contribution in [0.25, 0.3) is 0 Å². The van der Waals surface area contributed by atoms with E-state index in [1.165, 1.54) is 0 Å². The largest absolute Gasteiger partial charge is 0.435 e. The van der Waals surface area contributed by atoms with E-state index in [0.717, 1.165) is 23.4 Å². The van der Waals surface area contributed by atoms with Gasteiger partial charge in [0.05, 0.1) is 5.56 Å². The fourth-order valence-corrected chi connectivity index (χ4v) is 1.89. The molecule has 0 aliphatic heterocycles. The van der Waals surface area contributed by atoms with Gasteiger partial charge in [-0.3, -0.25) is 5.10 Å². The topological polar surface area (TPSA) is 67.3 Å². The Kier molecular flexibility index (Phi) is 3.97. The van der Waals surface area contributed by atoms with Crippen LogP contribution < -0.4 is 4.74 Å². The lowest BCUT2D eigenvalue weighted by Crippen LogP contribution is -2.04. The minimum absolute atomic E-state index is 0.0702. The molecule has 0 aliphatic rings. The number of aryl methyl sites for hydroxylation is 1. The zero-order valence-electron chi connectivity index (χ0n) is 11.3. The molecule has 2 rings (SSSR count). The van der Waals surface area contributed by atoms with Gasteiger partial charge in [-0.1, -0.05) is 6.92 Å². The van der Waals surface area contributed by atoms with Gasteiger partial charge in [-0.15, -0.1) is 10.0 Å². The van der Waals surface area contributed by atoms with Gasteiger partial charge in [-0.2, -0.15) is 13.2 Å². The van der Waals surface area contributed by atoms with Crippen molar-refractivity contribution >= 4 is 5.69 Å². The van der Waals surface area contributed by atoms with Crippen molar-refractivity contribution in [1.82, 2.24) is 10.2 Å². The van der Waals surface area contributed by atoms with Crippen molar-refractivity contribution in [3.63, 3.8) is 0 Å². The normalized spacial score (nSPS) is 11.5. The molecule has 0 saturated heterocycles. The monoisotopic (exact) mass is 299 g/mol. The maximum atomic E-state index is 12.6. The summed E-state index contributed by atoms with van der Waals surface area (Å²) in [5.41, 5.74) is 0.192. The van der Waals surface area contributed by atoms with Crippen LogP contribution in [0.1, 0.15) is 23.7 Å². The molecule has 0 atom stereocenters. The molecular formula is C13H12F3N3O2. The molecule has 1 heterocycles. The molecule has 1 N–H and O–H groups in total. The summed E-state index contributed by atoms with van der Waals surface area (Å²) in [6.45, 7) is 3.68. The quantitative estimate of drug-likeness (QED) is 0.846. The highest BCUT2D eigenvalue weighted by Crippen LogP contribution is 2.38. The Morgan fingerprint density at radius 1 is 1.38 bits per heavy atom. The predicted molar refractivity (Wildman–Crippen MR) is 69.7 cm³/mol. The number of hydrogen-bond donors (Lipinski definition) is 1. The number of alkyl halides is 3. The molecule has 2 aromatic rings. The first-order valence-corrected chi connectivity index (χ1v) is 6.13. The van der Waals surface area contributed by atoms with Gasteiger partial charge in [-0.25, -0.2) is 0 Å². The number of benzene rings is 1. The van der Waals surface area contributed by atoms with Crippen molar-refractivity contribution in [2.75, 3.05) is 0 Å². The molecule has 0 fully saturated rings. The van der Waals surface area contributed by atoms with E-state index >= 15 is 0 Å². The Balaban J connectivity index is 2.38. The van der Waals surface area contributed by atoms with Crippen LogP contribution in [0.4, 0.5) is 18.9 Å². The van der Waals surface area contributed by atoms with Crippen molar-refractivity contribution in [2.24, 2.45) is 5.18 Å². The number of aromatic amines is 1. The number of rotatable bonds is 4. The van der Waals surface area contributed by atoms with Gasteiger partial charge < -0.3 is 4.74 Å². The minimum atomic E-state index is -4.55. The van der Waals surface area contributed by atoms with E-state index in [0.29, 0.717) is 12.5 Å². The third-order valence-electron chi connectivity index (χ3n) is 2.98. The Morgan fingerprint density at radius 2 is 2.10 bits per heavy atom. The maximum absolute atomic E-state index is 12.6. The number of nitroso groups, excluding NO2 is 1. The summed E-state index contributed by atoms with van der Waals surface area (Å²) in [6, 6.07) is 2.53. The molecule has 0 amide bonds. The van der Waals surface area contributed by atoms with Gasteiger partial charge in [0.2, 0.25) is 5.88 Å². The standard InChI is InChI=1S/C13H12F3N3O2/c1-3-9-7(2)17-18-12(9)21-11-5-4-8(13(14,15)16)6-10(11)19-20/h4-6H,3H2,1-2H3,(H,17,18). The summed E-state index contributed by atoms with van der Waals surface area (Å²) in [5, 5.41) is 9.22. The van der Waals surface area contributed by atoms with Crippen molar-refractivity contribution < 1.29 is 17.9 Å². The van der Waals surface area contributed by atoms with Crippen LogP contribution in [0, 0.1) is 11.8 Å². The van der Waals surface area contributed by atoms with Gasteiger partial charge in [0, 0.05) is 11.3 Å². The zero-order valence-corrected chi connectivity index (χ0v) is 11.3. The fraction of sp³-hybridized carbons (Fsp3) is 0.308. The minimum Gasteiger partial charge on any atom is -0.435 e. The number of halogens is 3. The van der Waals surface area contributed by atoms with E-state index in [9.17, 15) is 18.1 Å². The Hall–Kier alpha value is -2.38. The molecule has 1 aromatic heterocycles. The molecule has 1 aromatic carbocycles. The van der Waals surface area contributed by atoms with Gasteiger partial charge in [0.15, 0.2) is 11.4 Å². The molecule has 112 valence electrons. The Bertz CT molecular complexity index is 665. The van der Waals surface area contributed by atoms with Crippen molar-refractivity contribution in [1.29, 1.82) is 0 Å². The SMILES string of the molecule is CCc1c(Oc2ccc(C(F)(F)F)cc2N=O)n[nH]c1C. The summed E-state index contributed by atoms with van der Waals surface area (Å²) in [7, 11) is 0. The Morgan fingerprint density at radius 3 is 2.67 bits per heavy atom. The molecule has 5 nitrogen and oxygen atoms in total. The maximum Gasteiger partial charge on any atom is 0.416 e. The molecule has 0 aliphatic carbocycles. The van der Waals surface area contributed by atoms with Gasteiger partial charge in [0.25, 0.3) is 0 Å². The smallest absolute Gasteiger partial charge is 0.416 e. The number of ether oxygens (including phenoxy) is 1. The van der Waals surface area contributed by atoms with E-state index in [1.807, 2.05) is 6.92 Å². The molecule has 0 radical (unpaired) electrons. The summed E-state index contributed by atoms with van der Waals surface area (Å²) >= 11 is 0. The summed E-state index contributed by atoms with van der Waals surface area (Å²) < 4.78 is 43.2. The number of nitrogens with one attached hydrogen (secondary N) is 1. The molecular weight excluding hydrogens is 287 g/mol. The second-order valence-electron chi connectivity index (χ2n) is 4.36. The highest BCUT2D eigenvalue weighted by molar-refractivity contribution is 5.55. The second-order valence-corrected chi connectivity index (χ2v) is 4.36. The molecule has 0 saturated carbocycles. The summed E-state index contributed by atoms with van der Waals surface area (Å²) in [6.07, 6.45) is -3.92. The summed E-state index contributed by atoms with van der Waals surface area (Å²) in [4.78, 5) is 10.7. The first-order chi connectivity index (χ1) is 9.86. The summed E-state index contributed by atoms with van der Waals surface area (Å²) in [5.74, 6) is 0.152. The molecule has 21 heavy (non-hydrogen) atoms. The lowest BCUT2D eigenvalue weighted by atomic mass is 10.2. The van der Waals surface area contributed by atoms with E-state index in [2.05, 4.69) is 15.4 Å². The molecule has 0 bridgehead atoms. The number of aromatic nitrogens is 2. The molecule has 8 heteroatoms. The Labute approximate surface area is 118 Å². The zero-order chi connectivity index (χ0) is 15.6. The lowest BCUT2D eigenvalue weighted by molar-refractivity contribution is -0.137. The predicted octanol–water partition coefficient (Wildman–Crippen LogP) is 4.49. The first kappa shape index (κ1) is 15.0. The van der Waals surface area contributed by atoms with Crippen LogP contribution in [0.2, 0.25) is 0 Å². The van der Waals surface area contributed by atoms with Crippen LogP contribution in [0.5, 0.6) is 11.6 Å². The highest BCUT2D eigenvalue weighted by Gasteiger charge is 2.31. The fourth-order valence-electron chi connectivity index (χ4n) is 1.89. The van der Waals surface area contributed by atoms with E-state index in [-0.39, 0.29) is 11.6 Å². The average Bonchev–Trinajstić information content (AvgIpc) is 2.78. The lowest BCUT2D eigenvalue weighted by Gasteiger charge is -2.10. The first-order valence-electron chi connectivity index (χ1n) is 6.13. The second kappa shape index (κ2) is 5.55.